The number of aromatic nitrogens is 1. The van der Waals surface area contributed by atoms with E-state index in [1.807, 2.05) is 19.3 Å². The van der Waals surface area contributed by atoms with Crippen LogP contribution >= 0.6 is 0 Å². The zero-order chi connectivity index (χ0) is 12.8. The van der Waals surface area contributed by atoms with Crippen molar-refractivity contribution in [2.24, 2.45) is 0 Å². The van der Waals surface area contributed by atoms with E-state index in [9.17, 15) is 0 Å². The minimum absolute atomic E-state index is 0.355. The number of piperidine rings is 1. The Balaban J connectivity index is 2.10. The minimum Gasteiger partial charge on any atom is -0.377 e. The molecular formula is C14H23N3O. The van der Waals surface area contributed by atoms with Crippen molar-refractivity contribution in [2.45, 2.75) is 32.4 Å². The Morgan fingerprint density at radius 1 is 1.56 bits per heavy atom. The molecule has 1 aliphatic heterocycles. The topological polar surface area (TPSA) is 37.4 Å². The summed E-state index contributed by atoms with van der Waals surface area (Å²) < 4.78 is 5.75. The van der Waals surface area contributed by atoms with Crippen LogP contribution in [-0.4, -0.2) is 37.8 Å². The first-order valence-electron chi connectivity index (χ1n) is 6.80. The van der Waals surface area contributed by atoms with Gasteiger partial charge in [-0.25, -0.2) is 4.98 Å². The molecule has 4 nitrogen and oxygen atoms in total. The van der Waals surface area contributed by atoms with Crippen LogP contribution in [0.1, 0.15) is 25.3 Å². The van der Waals surface area contributed by atoms with E-state index < -0.39 is 0 Å². The van der Waals surface area contributed by atoms with Crippen LogP contribution in [0.5, 0.6) is 0 Å². The predicted molar refractivity (Wildman–Crippen MR) is 73.9 cm³/mol. The van der Waals surface area contributed by atoms with Gasteiger partial charge in [0.05, 0.1) is 6.10 Å². The second-order valence-electron chi connectivity index (χ2n) is 4.68. The molecule has 18 heavy (non-hydrogen) atoms. The lowest BCUT2D eigenvalue weighted by Gasteiger charge is -2.34. The van der Waals surface area contributed by atoms with Crippen LogP contribution in [0.3, 0.4) is 0 Å². The van der Waals surface area contributed by atoms with Gasteiger partial charge in [-0.1, -0.05) is 6.07 Å². The number of anilines is 1. The molecular weight excluding hydrogens is 226 g/mol. The maximum absolute atomic E-state index is 5.75. The van der Waals surface area contributed by atoms with E-state index in [-0.39, 0.29) is 0 Å². The highest BCUT2D eigenvalue weighted by Crippen LogP contribution is 2.22. The van der Waals surface area contributed by atoms with Gasteiger partial charge in [-0.3, -0.25) is 0 Å². The Morgan fingerprint density at radius 3 is 3.22 bits per heavy atom. The van der Waals surface area contributed by atoms with E-state index in [0.717, 1.165) is 32.1 Å². The van der Waals surface area contributed by atoms with Crippen LogP contribution in [0.25, 0.3) is 0 Å². The Labute approximate surface area is 109 Å². The molecule has 1 fully saturated rings. The zero-order valence-electron chi connectivity index (χ0n) is 11.4. The van der Waals surface area contributed by atoms with E-state index >= 15 is 0 Å². The van der Waals surface area contributed by atoms with Gasteiger partial charge in [0, 0.05) is 38.0 Å². The maximum atomic E-state index is 5.75. The van der Waals surface area contributed by atoms with Crippen LogP contribution in [0.2, 0.25) is 0 Å². The fourth-order valence-electron chi connectivity index (χ4n) is 2.55. The van der Waals surface area contributed by atoms with Gasteiger partial charge in [-0.05, 0) is 32.9 Å². The highest BCUT2D eigenvalue weighted by atomic mass is 16.5. The van der Waals surface area contributed by atoms with Crippen LogP contribution in [0.4, 0.5) is 5.82 Å². The van der Waals surface area contributed by atoms with Gasteiger partial charge < -0.3 is 15.0 Å². The number of pyridine rings is 1. The normalized spacial score (nSPS) is 20.1. The van der Waals surface area contributed by atoms with Gasteiger partial charge in [-0.2, -0.15) is 0 Å². The van der Waals surface area contributed by atoms with Crippen molar-refractivity contribution < 1.29 is 4.74 Å². The molecule has 2 rings (SSSR count). The predicted octanol–water partition coefficient (Wildman–Crippen LogP) is 1.81. The molecule has 1 aliphatic rings. The molecule has 0 bridgehead atoms. The largest absolute Gasteiger partial charge is 0.377 e. The number of nitrogens with one attached hydrogen (secondary N) is 1. The van der Waals surface area contributed by atoms with Gasteiger partial charge >= 0.3 is 0 Å². The summed E-state index contributed by atoms with van der Waals surface area (Å²) in [5.74, 6) is 1.11. The molecule has 0 radical (unpaired) electrons. The van der Waals surface area contributed by atoms with Gasteiger partial charge in [0.25, 0.3) is 0 Å². The number of nitrogens with zero attached hydrogens (tertiary/aromatic N) is 2. The fraction of sp³-hybridized carbons (Fsp3) is 0.643. The Bertz CT molecular complexity index is 368. The first-order chi connectivity index (χ1) is 8.85. The molecule has 0 amide bonds. The van der Waals surface area contributed by atoms with Crippen LogP contribution in [0.15, 0.2) is 18.3 Å². The Kier molecular flexibility index (Phi) is 4.96. The molecule has 1 atom stereocenters. The van der Waals surface area contributed by atoms with E-state index in [1.165, 1.54) is 18.4 Å². The monoisotopic (exact) mass is 249 g/mol. The average molecular weight is 249 g/mol. The lowest BCUT2D eigenvalue weighted by Crippen LogP contribution is -2.40. The number of hydrogen-bond donors (Lipinski definition) is 1. The fourth-order valence-corrected chi connectivity index (χ4v) is 2.55. The summed E-state index contributed by atoms with van der Waals surface area (Å²) in [6.07, 6.45) is 4.57. The van der Waals surface area contributed by atoms with Gasteiger partial charge in [-0.15, -0.1) is 0 Å². The van der Waals surface area contributed by atoms with Crippen molar-refractivity contribution in [3.05, 3.63) is 23.9 Å². The molecule has 1 aromatic heterocycles. The SMILES string of the molecule is CCOC1CCCN(c2ncccc2CNC)C1. The van der Waals surface area contributed by atoms with Crippen LogP contribution in [0, 0.1) is 0 Å². The Morgan fingerprint density at radius 2 is 2.44 bits per heavy atom. The third-order valence-corrected chi connectivity index (χ3v) is 3.31. The highest BCUT2D eigenvalue weighted by Gasteiger charge is 2.22. The molecule has 1 unspecified atom stereocenters. The molecule has 1 saturated heterocycles. The number of hydrogen-bond acceptors (Lipinski definition) is 4. The van der Waals surface area contributed by atoms with Gasteiger partial charge in [0.2, 0.25) is 0 Å². The third-order valence-electron chi connectivity index (χ3n) is 3.31. The molecule has 2 heterocycles. The summed E-state index contributed by atoms with van der Waals surface area (Å²) >= 11 is 0. The summed E-state index contributed by atoms with van der Waals surface area (Å²) in [6.45, 7) is 5.76. The number of ether oxygens (including phenoxy) is 1. The molecule has 0 aliphatic carbocycles. The lowest BCUT2D eigenvalue weighted by molar-refractivity contribution is 0.0525. The lowest BCUT2D eigenvalue weighted by atomic mass is 10.1. The van der Waals surface area contributed by atoms with Crippen molar-refractivity contribution in [3.8, 4) is 0 Å². The molecule has 4 heteroatoms. The highest BCUT2D eigenvalue weighted by molar-refractivity contribution is 5.47. The maximum Gasteiger partial charge on any atom is 0.133 e. The first kappa shape index (κ1) is 13.3. The number of rotatable bonds is 5. The molecule has 1 aromatic rings. The van der Waals surface area contributed by atoms with Crippen LogP contribution < -0.4 is 10.2 Å². The summed E-state index contributed by atoms with van der Waals surface area (Å²) in [7, 11) is 1.97. The molecule has 0 aromatic carbocycles. The van der Waals surface area contributed by atoms with Gasteiger partial charge in [0.15, 0.2) is 0 Å². The summed E-state index contributed by atoms with van der Waals surface area (Å²) in [5.41, 5.74) is 1.26. The minimum atomic E-state index is 0.355. The second kappa shape index (κ2) is 6.71. The smallest absolute Gasteiger partial charge is 0.133 e. The summed E-state index contributed by atoms with van der Waals surface area (Å²) in [4.78, 5) is 6.90. The quantitative estimate of drug-likeness (QED) is 0.863. The zero-order valence-corrected chi connectivity index (χ0v) is 11.4. The second-order valence-corrected chi connectivity index (χ2v) is 4.68. The Hall–Kier alpha value is -1.13. The van der Waals surface area contributed by atoms with E-state index in [1.54, 1.807) is 0 Å². The average Bonchev–Trinajstić information content (AvgIpc) is 2.40. The van der Waals surface area contributed by atoms with Crippen molar-refractivity contribution >= 4 is 5.82 Å². The van der Waals surface area contributed by atoms with E-state index in [2.05, 4.69) is 28.2 Å². The molecule has 0 saturated carbocycles. The molecule has 100 valence electrons. The summed E-state index contributed by atoms with van der Waals surface area (Å²) in [6, 6.07) is 4.14. The van der Waals surface area contributed by atoms with Crippen molar-refractivity contribution in [2.75, 3.05) is 31.6 Å². The van der Waals surface area contributed by atoms with Crippen molar-refractivity contribution in [1.82, 2.24) is 10.3 Å². The molecule has 0 spiro atoms. The summed E-state index contributed by atoms with van der Waals surface area (Å²) in [5, 5.41) is 3.20. The van der Waals surface area contributed by atoms with Gasteiger partial charge in [0.1, 0.15) is 5.82 Å². The van der Waals surface area contributed by atoms with E-state index in [0.29, 0.717) is 6.10 Å². The van der Waals surface area contributed by atoms with Crippen LogP contribution in [-0.2, 0) is 11.3 Å². The standard InChI is InChI=1S/C14H23N3O/c1-3-18-13-7-5-9-17(11-13)14-12(10-15-2)6-4-8-16-14/h4,6,8,13,15H,3,5,7,9-11H2,1-2H3. The van der Waals surface area contributed by atoms with E-state index in [4.69, 9.17) is 4.74 Å². The third kappa shape index (κ3) is 3.21. The van der Waals surface area contributed by atoms with Crippen molar-refractivity contribution in [1.29, 1.82) is 0 Å². The molecule has 1 N–H and O–H groups in total. The first-order valence-corrected chi connectivity index (χ1v) is 6.80. The van der Waals surface area contributed by atoms with Crippen molar-refractivity contribution in [3.63, 3.8) is 0 Å².